The van der Waals surface area contributed by atoms with Gasteiger partial charge in [-0.1, -0.05) is 6.07 Å². The van der Waals surface area contributed by atoms with Crippen molar-refractivity contribution in [3.05, 3.63) is 24.3 Å². The first-order valence-electron chi connectivity index (χ1n) is 4.53. The number of aliphatic hydroxyl groups is 1. The van der Waals surface area contributed by atoms with Gasteiger partial charge in [-0.2, -0.15) is 0 Å². The Labute approximate surface area is 83.3 Å². The van der Waals surface area contributed by atoms with Crippen molar-refractivity contribution in [3.8, 4) is 11.5 Å². The third-order valence-electron chi connectivity index (χ3n) is 1.55. The van der Waals surface area contributed by atoms with Gasteiger partial charge in [0, 0.05) is 12.6 Å². The van der Waals surface area contributed by atoms with Gasteiger partial charge in [0.2, 0.25) is 0 Å². The molecule has 78 valence electrons. The summed E-state index contributed by atoms with van der Waals surface area (Å²) in [7, 11) is 0. The maximum atomic E-state index is 8.57. The van der Waals surface area contributed by atoms with Gasteiger partial charge in [-0.15, -0.1) is 0 Å². The van der Waals surface area contributed by atoms with Crippen LogP contribution in [0, 0.1) is 0 Å². The highest BCUT2D eigenvalue weighted by Gasteiger charge is 1.96. The highest BCUT2D eigenvalue weighted by molar-refractivity contribution is 5.32. The van der Waals surface area contributed by atoms with Crippen molar-refractivity contribution in [1.82, 2.24) is 0 Å². The summed E-state index contributed by atoms with van der Waals surface area (Å²) in [6.45, 7) is 1.28. The first kappa shape index (κ1) is 10.8. The Balaban J connectivity index is 2.50. The lowest BCUT2D eigenvalue weighted by molar-refractivity contribution is 0.200. The molecular weight excluding hydrogens is 182 g/mol. The minimum Gasteiger partial charge on any atom is -0.492 e. The molecule has 0 unspecified atom stereocenters. The van der Waals surface area contributed by atoms with Crippen LogP contribution in [0.1, 0.15) is 0 Å². The second kappa shape index (κ2) is 6.23. The van der Waals surface area contributed by atoms with Gasteiger partial charge in [0.1, 0.15) is 24.7 Å². The van der Waals surface area contributed by atoms with Crippen molar-refractivity contribution in [2.24, 2.45) is 5.73 Å². The van der Waals surface area contributed by atoms with Crippen molar-refractivity contribution < 1.29 is 14.6 Å². The number of aliphatic hydroxyl groups excluding tert-OH is 1. The number of ether oxygens (including phenoxy) is 2. The van der Waals surface area contributed by atoms with Gasteiger partial charge in [0.25, 0.3) is 0 Å². The maximum absolute atomic E-state index is 8.57. The van der Waals surface area contributed by atoms with Crippen LogP contribution < -0.4 is 15.2 Å². The molecule has 1 aromatic carbocycles. The summed E-state index contributed by atoms with van der Waals surface area (Å²) in [5.74, 6) is 1.42. The van der Waals surface area contributed by atoms with Gasteiger partial charge in [0.15, 0.2) is 0 Å². The average Bonchev–Trinajstić information content (AvgIpc) is 2.24. The van der Waals surface area contributed by atoms with Crippen molar-refractivity contribution in [3.63, 3.8) is 0 Å². The monoisotopic (exact) mass is 197 g/mol. The summed E-state index contributed by atoms with van der Waals surface area (Å²) in [5, 5.41) is 8.57. The Hall–Kier alpha value is -1.26. The Kier molecular flexibility index (Phi) is 4.82. The van der Waals surface area contributed by atoms with Crippen LogP contribution >= 0.6 is 0 Å². The van der Waals surface area contributed by atoms with Gasteiger partial charge in [-0.3, -0.25) is 0 Å². The summed E-state index contributed by atoms with van der Waals surface area (Å²) < 4.78 is 10.5. The molecule has 0 fully saturated rings. The molecule has 0 aliphatic heterocycles. The molecule has 0 aliphatic rings. The summed E-state index contributed by atoms with van der Waals surface area (Å²) in [6.07, 6.45) is 0. The van der Waals surface area contributed by atoms with Crippen LogP contribution in [-0.4, -0.2) is 31.5 Å². The Bertz CT molecular complexity index is 242. The lowest BCUT2D eigenvalue weighted by atomic mass is 10.3. The molecule has 14 heavy (non-hydrogen) atoms. The molecule has 0 spiro atoms. The van der Waals surface area contributed by atoms with Crippen LogP contribution in [0.2, 0.25) is 0 Å². The van der Waals surface area contributed by atoms with E-state index in [2.05, 4.69) is 0 Å². The zero-order chi connectivity index (χ0) is 10.2. The fraction of sp³-hybridized carbons (Fsp3) is 0.400. The van der Waals surface area contributed by atoms with Crippen LogP contribution in [0.25, 0.3) is 0 Å². The lowest BCUT2D eigenvalue weighted by Gasteiger charge is -2.07. The second-order valence-electron chi connectivity index (χ2n) is 2.68. The van der Waals surface area contributed by atoms with E-state index in [0.29, 0.717) is 25.5 Å². The number of hydrogen-bond donors (Lipinski definition) is 2. The van der Waals surface area contributed by atoms with E-state index >= 15 is 0 Å². The number of hydrogen-bond acceptors (Lipinski definition) is 4. The van der Waals surface area contributed by atoms with Crippen LogP contribution in [0.3, 0.4) is 0 Å². The fourth-order valence-corrected chi connectivity index (χ4v) is 0.994. The van der Waals surface area contributed by atoms with Crippen LogP contribution in [0.4, 0.5) is 0 Å². The molecule has 0 radical (unpaired) electrons. The van der Waals surface area contributed by atoms with Gasteiger partial charge >= 0.3 is 0 Å². The zero-order valence-electron chi connectivity index (χ0n) is 7.98. The molecular formula is C10H15NO3. The largest absolute Gasteiger partial charge is 0.492 e. The first-order valence-corrected chi connectivity index (χ1v) is 4.53. The molecule has 3 N–H and O–H groups in total. The van der Waals surface area contributed by atoms with Crippen LogP contribution in [0.5, 0.6) is 11.5 Å². The lowest BCUT2D eigenvalue weighted by Crippen LogP contribution is -2.10. The van der Waals surface area contributed by atoms with E-state index in [1.165, 1.54) is 0 Å². The molecule has 0 saturated heterocycles. The number of nitrogens with two attached hydrogens (primary N) is 1. The van der Waals surface area contributed by atoms with Gasteiger partial charge < -0.3 is 20.3 Å². The zero-order valence-corrected chi connectivity index (χ0v) is 7.98. The number of benzene rings is 1. The number of rotatable bonds is 6. The van der Waals surface area contributed by atoms with E-state index in [9.17, 15) is 0 Å². The van der Waals surface area contributed by atoms with Crippen LogP contribution in [0.15, 0.2) is 24.3 Å². The smallest absolute Gasteiger partial charge is 0.123 e. The van der Waals surface area contributed by atoms with E-state index in [1.54, 1.807) is 6.07 Å². The third-order valence-corrected chi connectivity index (χ3v) is 1.55. The SMILES string of the molecule is NCCOc1cccc(OCCO)c1. The highest BCUT2D eigenvalue weighted by Crippen LogP contribution is 2.18. The molecule has 1 aromatic rings. The molecule has 1 rings (SSSR count). The summed E-state index contributed by atoms with van der Waals surface area (Å²) in [6, 6.07) is 7.25. The van der Waals surface area contributed by atoms with Crippen molar-refractivity contribution >= 4 is 0 Å². The van der Waals surface area contributed by atoms with E-state index in [4.69, 9.17) is 20.3 Å². The molecule has 0 atom stereocenters. The molecule has 0 aliphatic carbocycles. The predicted molar refractivity (Wildman–Crippen MR) is 53.6 cm³/mol. The average molecular weight is 197 g/mol. The summed E-state index contributed by atoms with van der Waals surface area (Å²) >= 11 is 0. The predicted octanol–water partition coefficient (Wildman–Crippen LogP) is 0.395. The molecule has 0 amide bonds. The molecule has 0 bridgehead atoms. The minimum absolute atomic E-state index is 0.00782. The quantitative estimate of drug-likeness (QED) is 0.692. The Morgan fingerprint density at radius 1 is 1.14 bits per heavy atom. The molecule has 0 saturated carbocycles. The van der Waals surface area contributed by atoms with Gasteiger partial charge in [0.05, 0.1) is 6.61 Å². The molecule has 4 heteroatoms. The minimum atomic E-state index is 0.00782. The maximum Gasteiger partial charge on any atom is 0.123 e. The van der Waals surface area contributed by atoms with Gasteiger partial charge in [-0.05, 0) is 12.1 Å². The molecule has 4 nitrogen and oxygen atoms in total. The van der Waals surface area contributed by atoms with Crippen molar-refractivity contribution in [2.45, 2.75) is 0 Å². The van der Waals surface area contributed by atoms with E-state index < -0.39 is 0 Å². The fourth-order valence-electron chi connectivity index (χ4n) is 0.994. The summed E-state index contributed by atoms with van der Waals surface area (Å²) in [5.41, 5.74) is 5.31. The first-order chi connectivity index (χ1) is 6.86. The van der Waals surface area contributed by atoms with E-state index in [1.807, 2.05) is 18.2 Å². The van der Waals surface area contributed by atoms with Crippen molar-refractivity contribution in [1.29, 1.82) is 0 Å². The Morgan fingerprint density at radius 2 is 1.79 bits per heavy atom. The summed E-state index contributed by atoms with van der Waals surface area (Å²) in [4.78, 5) is 0. The second-order valence-corrected chi connectivity index (χ2v) is 2.68. The highest BCUT2D eigenvalue weighted by atomic mass is 16.5. The normalized spacial score (nSPS) is 9.86. The molecule has 0 aromatic heterocycles. The van der Waals surface area contributed by atoms with E-state index in [-0.39, 0.29) is 6.61 Å². The standard InChI is InChI=1S/C10H15NO3/c11-4-6-13-9-2-1-3-10(8-9)14-7-5-12/h1-3,8,12H,4-7,11H2. The Morgan fingerprint density at radius 3 is 2.36 bits per heavy atom. The van der Waals surface area contributed by atoms with Crippen LogP contribution in [-0.2, 0) is 0 Å². The topological polar surface area (TPSA) is 64.7 Å². The van der Waals surface area contributed by atoms with Gasteiger partial charge in [-0.25, -0.2) is 0 Å². The third kappa shape index (κ3) is 3.64. The molecule has 0 heterocycles. The van der Waals surface area contributed by atoms with E-state index in [0.717, 1.165) is 5.75 Å². The van der Waals surface area contributed by atoms with Crippen molar-refractivity contribution in [2.75, 3.05) is 26.4 Å².